The van der Waals surface area contributed by atoms with Gasteiger partial charge in [-0.2, -0.15) is 0 Å². The van der Waals surface area contributed by atoms with E-state index in [2.05, 4.69) is 26.6 Å². The van der Waals surface area contributed by atoms with Gasteiger partial charge in [0, 0.05) is 28.5 Å². The summed E-state index contributed by atoms with van der Waals surface area (Å²) in [5, 5.41) is 5.71. The molecular weight excluding hydrogens is 460 g/mol. The van der Waals surface area contributed by atoms with Crippen LogP contribution in [-0.4, -0.2) is 32.1 Å². The highest BCUT2D eigenvalue weighted by atomic mass is 79.9. The minimum atomic E-state index is -0.301. The number of hydrogen-bond acceptors (Lipinski definition) is 4. The molecule has 0 saturated heterocycles. The van der Waals surface area contributed by atoms with Crippen LogP contribution in [0.2, 0.25) is 0 Å². The molecule has 2 N–H and O–H groups in total. The number of halogens is 1. The van der Waals surface area contributed by atoms with Crippen molar-refractivity contribution in [2.45, 2.75) is 6.92 Å². The van der Waals surface area contributed by atoms with Gasteiger partial charge in [0.2, 0.25) is 0 Å². The van der Waals surface area contributed by atoms with Gasteiger partial charge in [0.25, 0.3) is 11.8 Å². The van der Waals surface area contributed by atoms with Crippen LogP contribution in [-0.2, 0) is 4.74 Å². The van der Waals surface area contributed by atoms with E-state index in [1.54, 1.807) is 49.6 Å². The summed E-state index contributed by atoms with van der Waals surface area (Å²) in [4.78, 5) is 25.2. The highest BCUT2D eigenvalue weighted by Gasteiger charge is 2.14. The maximum absolute atomic E-state index is 12.8. The standard InChI is InChI=1S/C24H23BrN2O4/c1-16-4-3-5-17(14-16)23(28)26-19-7-9-20(10-8-19)27-24(29)21-15-18(25)6-11-22(21)31-13-12-30-2/h3-11,14-15H,12-13H2,1-2H3,(H,26,28)(H,27,29). The first-order valence-corrected chi connectivity index (χ1v) is 10.5. The third kappa shape index (κ3) is 6.41. The number of methoxy groups -OCH3 is 1. The van der Waals surface area contributed by atoms with Gasteiger partial charge in [-0.15, -0.1) is 0 Å². The first-order chi connectivity index (χ1) is 15.0. The molecule has 0 saturated carbocycles. The van der Waals surface area contributed by atoms with Gasteiger partial charge in [-0.25, -0.2) is 0 Å². The number of ether oxygens (including phenoxy) is 2. The second-order valence-corrected chi connectivity index (χ2v) is 7.75. The third-order valence-corrected chi connectivity index (χ3v) is 4.91. The summed E-state index contributed by atoms with van der Waals surface area (Å²) in [6.07, 6.45) is 0. The number of benzene rings is 3. The fourth-order valence-electron chi connectivity index (χ4n) is 2.87. The molecule has 0 spiro atoms. The lowest BCUT2D eigenvalue weighted by molar-refractivity contribution is 0.101. The molecule has 0 unspecified atom stereocenters. The van der Waals surface area contributed by atoms with E-state index in [-0.39, 0.29) is 11.8 Å². The fraction of sp³-hybridized carbons (Fsp3) is 0.167. The Kier molecular flexibility index (Phi) is 7.81. The Hall–Kier alpha value is -3.16. The van der Waals surface area contributed by atoms with E-state index < -0.39 is 0 Å². The Morgan fingerprint density at radius 1 is 0.871 bits per heavy atom. The highest BCUT2D eigenvalue weighted by molar-refractivity contribution is 9.10. The predicted molar refractivity (Wildman–Crippen MR) is 125 cm³/mol. The minimum absolute atomic E-state index is 0.188. The van der Waals surface area contributed by atoms with Crippen LogP contribution >= 0.6 is 15.9 Å². The average molecular weight is 483 g/mol. The van der Waals surface area contributed by atoms with E-state index in [1.807, 2.05) is 31.2 Å². The largest absolute Gasteiger partial charge is 0.490 e. The van der Waals surface area contributed by atoms with Crippen molar-refractivity contribution >= 4 is 39.1 Å². The van der Waals surface area contributed by atoms with Crippen molar-refractivity contribution in [3.63, 3.8) is 0 Å². The molecule has 0 bridgehead atoms. The zero-order valence-electron chi connectivity index (χ0n) is 17.3. The van der Waals surface area contributed by atoms with Crippen molar-refractivity contribution in [3.05, 3.63) is 87.9 Å². The molecule has 3 rings (SSSR count). The van der Waals surface area contributed by atoms with E-state index in [4.69, 9.17) is 9.47 Å². The van der Waals surface area contributed by atoms with E-state index >= 15 is 0 Å². The number of amides is 2. The van der Waals surface area contributed by atoms with Gasteiger partial charge in [0.1, 0.15) is 12.4 Å². The lowest BCUT2D eigenvalue weighted by atomic mass is 10.1. The van der Waals surface area contributed by atoms with Crippen LogP contribution in [0, 0.1) is 6.92 Å². The van der Waals surface area contributed by atoms with Crippen LogP contribution in [0.1, 0.15) is 26.3 Å². The molecule has 3 aromatic rings. The number of hydrogen-bond donors (Lipinski definition) is 2. The smallest absolute Gasteiger partial charge is 0.259 e. The zero-order chi connectivity index (χ0) is 22.2. The van der Waals surface area contributed by atoms with Gasteiger partial charge in [0.15, 0.2) is 0 Å². The van der Waals surface area contributed by atoms with E-state index in [1.165, 1.54) is 0 Å². The Morgan fingerprint density at radius 3 is 2.19 bits per heavy atom. The van der Waals surface area contributed by atoms with Crippen molar-refractivity contribution in [1.29, 1.82) is 0 Å². The quantitative estimate of drug-likeness (QED) is 0.427. The molecule has 0 fully saturated rings. The van der Waals surface area contributed by atoms with E-state index in [0.717, 1.165) is 10.0 Å². The molecule has 7 heteroatoms. The number of rotatable bonds is 8. The van der Waals surface area contributed by atoms with Crippen molar-refractivity contribution in [3.8, 4) is 5.75 Å². The summed E-state index contributed by atoms with van der Waals surface area (Å²) >= 11 is 3.39. The normalized spacial score (nSPS) is 10.4. The zero-order valence-corrected chi connectivity index (χ0v) is 18.9. The Morgan fingerprint density at radius 2 is 1.55 bits per heavy atom. The summed E-state index contributed by atoms with van der Waals surface area (Å²) < 4.78 is 11.4. The second-order valence-electron chi connectivity index (χ2n) is 6.84. The van der Waals surface area contributed by atoms with Gasteiger partial charge in [-0.3, -0.25) is 9.59 Å². The average Bonchev–Trinajstić information content (AvgIpc) is 2.76. The monoisotopic (exact) mass is 482 g/mol. The van der Waals surface area contributed by atoms with Crippen molar-refractivity contribution in [2.75, 3.05) is 31.0 Å². The van der Waals surface area contributed by atoms with Gasteiger partial charge < -0.3 is 20.1 Å². The van der Waals surface area contributed by atoms with Gasteiger partial charge >= 0.3 is 0 Å². The Balaban J connectivity index is 1.66. The van der Waals surface area contributed by atoms with Crippen LogP contribution in [0.4, 0.5) is 11.4 Å². The molecule has 3 aromatic carbocycles. The lowest BCUT2D eigenvalue weighted by Crippen LogP contribution is -2.15. The lowest BCUT2D eigenvalue weighted by Gasteiger charge is -2.12. The van der Waals surface area contributed by atoms with Gasteiger partial charge in [-0.05, 0) is 61.5 Å². The molecule has 0 aliphatic rings. The molecule has 0 aliphatic carbocycles. The van der Waals surface area contributed by atoms with E-state index in [9.17, 15) is 9.59 Å². The number of anilines is 2. The number of carbonyl (C=O) groups is 2. The molecule has 0 heterocycles. The third-order valence-electron chi connectivity index (χ3n) is 4.41. The summed E-state index contributed by atoms with van der Waals surface area (Å²) in [6, 6.07) is 19.6. The summed E-state index contributed by atoms with van der Waals surface area (Å²) in [5.74, 6) is -0.0162. The minimum Gasteiger partial charge on any atom is -0.490 e. The molecule has 160 valence electrons. The summed E-state index contributed by atoms with van der Waals surface area (Å²) in [7, 11) is 1.59. The summed E-state index contributed by atoms with van der Waals surface area (Å²) in [5.41, 5.74) is 3.25. The number of aryl methyl sites for hydroxylation is 1. The first kappa shape index (κ1) is 22.5. The molecule has 6 nitrogen and oxygen atoms in total. The maximum Gasteiger partial charge on any atom is 0.259 e. The van der Waals surface area contributed by atoms with Crippen LogP contribution in [0.3, 0.4) is 0 Å². The van der Waals surface area contributed by atoms with Crippen molar-refractivity contribution < 1.29 is 19.1 Å². The molecule has 0 atom stereocenters. The Bertz CT molecular complexity index is 1070. The summed E-state index contributed by atoms with van der Waals surface area (Å²) in [6.45, 7) is 2.70. The molecule has 31 heavy (non-hydrogen) atoms. The van der Waals surface area contributed by atoms with Crippen LogP contribution in [0.15, 0.2) is 71.2 Å². The predicted octanol–water partition coefficient (Wildman–Crippen LogP) is 5.29. The molecule has 0 aliphatic heterocycles. The van der Waals surface area contributed by atoms with E-state index in [0.29, 0.717) is 41.5 Å². The fourth-order valence-corrected chi connectivity index (χ4v) is 3.23. The Labute approximate surface area is 189 Å². The maximum atomic E-state index is 12.8. The SMILES string of the molecule is COCCOc1ccc(Br)cc1C(=O)Nc1ccc(NC(=O)c2cccc(C)c2)cc1. The second kappa shape index (κ2) is 10.7. The highest BCUT2D eigenvalue weighted by Crippen LogP contribution is 2.25. The van der Waals surface area contributed by atoms with Crippen LogP contribution < -0.4 is 15.4 Å². The van der Waals surface area contributed by atoms with Crippen molar-refractivity contribution in [1.82, 2.24) is 0 Å². The molecule has 2 amide bonds. The molecule has 0 aromatic heterocycles. The van der Waals surface area contributed by atoms with Gasteiger partial charge in [0.05, 0.1) is 12.2 Å². The van der Waals surface area contributed by atoms with Gasteiger partial charge in [-0.1, -0.05) is 33.6 Å². The van der Waals surface area contributed by atoms with Crippen molar-refractivity contribution in [2.24, 2.45) is 0 Å². The van der Waals surface area contributed by atoms with Crippen LogP contribution in [0.5, 0.6) is 5.75 Å². The molecule has 0 radical (unpaired) electrons. The van der Waals surface area contributed by atoms with Crippen LogP contribution in [0.25, 0.3) is 0 Å². The first-order valence-electron chi connectivity index (χ1n) is 9.67. The molecular formula is C24H23BrN2O4. The topological polar surface area (TPSA) is 76.7 Å². The number of nitrogens with one attached hydrogen (secondary N) is 2. The number of carbonyl (C=O) groups excluding carboxylic acids is 2.